The maximum Gasteiger partial charge on any atom is 0.271 e. The minimum Gasteiger partial charge on any atom is -0.508 e. The fourth-order valence-corrected chi connectivity index (χ4v) is 1.86. The molecule has 6 heteroatoms. The number of benzene rings is 1. The number of aliphatic imine (C=N–C) groups is 1. The van der Waals surface area contributed by atoms with Crippen LogP contribution in [-0.2, 0) is 7.05 Å². The molecule has 2 rings (SSSR count). The molecule has 0 aliphatic carbocycles. The number of carbonyl (C=O) groups excluding carboxylic acids is 1. The minimum absolute atomic E-state index is 0.172. The van der Waals surface area contributed by atoms with Crippen molar-refractivity contribution in [2.24, 2.45) is 12.0 Å². The average Bonchev–Trinajstić information content (AvgIpc) is 2.84. The molecule has 0 aliphatic rings. The maximum absolute atomic E-state index is 12.1. The van der Waals surface area contributed by atoms with E-state index in [4.69, 9.17) is 0 Å². The predicted octanol–water partition coefficient (Wildman–Crippen LogP) is 2.02. The Morgan fingerprint density at radius 2 is 2.33 bits per heavy atom. The molecule has 0 saturated heterocycles. The summed E-state index contributed by atoms with van der Waals surface area (Å²) < 4.78 is 1.50. The number of phenols is 1. The quantitative estimate of drug-likeness (QED) is 0.825. The number of hydrogen-bond donors (Lipinski definition) is 2. The smallest absolute Gasteiger partial charge is 0.271 e. The number of aromatic hydroxyl groups is 1. The largest absolute Gasteiger partial charge is 0.508 e. The van der Waals surface area contributed by atoms with Crippen LogP contribution in [0.25, 0.3) is 0 Å². The van der Waals surface area contributed by atoms with Crippen LogP contribution < -0.4 is 5.32 Å². The molecular weight excluding hydrogens is 268 g/mol. The SMILES string of the molecule is CCCNC(=O)c1c(N=Cc2cccc(O)c2)cnn1C. The molecule has 0 aliphatic heterocycles. The molecule has 0 spiro atoms. The fourth-order valence-electron chi connectivity index (χ4n) is 1.86. The van der Waals surface area contributed by atoms with Gasteiger partial charge in [-0.2, -0.15) is 5.10 Å². The molecule has 1 aromatic carbocycles. The Balaban J connectivity index is 2.23. The zero-order chi connectivity index (χ0) is 15.2. The first-order valence-electron chi connectivity index (χ1n) is 6.75. The highest BCUT2D eigenvalue weighted by molar-refractivity contribution is 5.98. The maximum atomic E-state index is 12.1. The topological polar surface area (TPSA) is 79.5 Å². The van der Waals surface area contributed by atoms with Crippen LogP contribution in [0.15, 0.2) is 35.5 Å². The van der Waals surface area contributed by atoms with Gasteiger partial charge in [-0.05, 0) is 24.1 Å². The molecule has 21 heavy (non-hydrogen) atoms. The van der Waals surface area contributed by atoms with Crippen molar-refractivity contribution >= 4 is 17.8 Å². The number of nitrogens with one attached hydrogen (secondary N) is 1. The van der Waals surface area contributed by atoms with Crippen molar-refractivity contribution in [1.82, 2.24) is 15.1 Å². The predicted molar refractivity (Wildman–Crippen MR) is 81.2 cm³/mol. The van der Waals surface area contributed by atoms with Crippen molar-refractivity contribution in [3.05, 3.63) is 41.7 Å². The Bertz CT molecular complexity index is 661. The molecular formula is C15H18N4O2. The van der Waals surface area contributed by atoms with Gasteiger partial charge < -0.3 is 10.4 Å². The van der Waals surface area contributed by atoms with Crippen LogP contribution >= 0.6 is 0 Å². The lowest BCUT2D eigenvalue weighted by molar-refractivity contribution is 0.0945. The number of nitrogens with zero attached hydrogens (tertiary/aromatic N) is 3. The van der Waals surface area contributed by atoms with Crippen molar-refractivity contribution in [3.8, 4) is 5.75 Å². The second kappa shape index (κ2) is 6.69. The molecule has 110 valence electrons. The van der Waals surface area contributed by atoms with E-state index >= 15 is 0 Å². The summed E-state index contributed by atoms with van der Waals surface area (Å²) in [4.78, 5) is 16.4. The van der Waals surface area contributed by atoms with Gasteiger partial charge in [0.1, 0.15) is 11.4 Å². The van der Waals surface area contributed by atoms with E-state index in [1.165, 1.54) is 4.68 Å². The van der Waals surface area contributed by atoms with E-state index in [0.717, 1.165) is 12.0 Å². The van der Waals surface area contributed by atoms with E-state index in [0.29, 0.717) is 17.9 Å². The highest BCUT2D eigenvalue weighted by Gasteiger charge is 2.15. The molecule has 0 atom stereocenters. The van der Waals surface area contributed by atoms with Crippen LogP contribution in [0.1, 0.15) is 29.4 Å². The molecule has 6 nitrogen and oxygen atoms in total. The van der Waals surface area contributed by atoms with E-state index in [1.807, 2.05) is 13.0 Å². The Labute approximate surface area is 123 Å². The number of rotatable bonds is 5. The first kappa shape index (κ1) is 14.8. The summed E-state index contributed by atoms with van der Waals surface area (Å²) in [5.41, 5.74) is 1.66. The number of aromatic nitrogens is 2. The van der Waals surface area contributed by atoms with Gasteiger partial charge >= 0.3 is 0 Å². The normalized spacial score (nSPS) is 11.0. The molecule has 1 aromatic heterocycles. The fraction of sp³-hybridized carbons (Fsp3) is 0.267. The van der Waals surface area contributed by atoms with Crippen LogP contribution in [0.4, 0.5) is 5.69 Å². The van der Waals surface area contributed by atoms with Crippen LogP contribution in [-0.4, -0.2) is 33.6 Å². The van der Waals surface area contributed by atoms with Crippen LogP contribution in [0.3, 0.4) is 0 Å². The van der Waals surface area contributed by atoms with Gasteiger partial charge in [-0.15, -0.1) is 0 Å². The van der Waals surface area contributed by atoms with Crippen molar-refractivity contribution in [3.63, 3.8) is 0 Å². The molecule has 1 amide bonds. The lowest BCUT2D eigenvalue weighted by atomic mass is 10.2. The minimum atomic E-state index is -0.195. The monoisotopic (exact) mass is 286 g/mol. The molecule has 1 heterocycles. The first-order valence-corrected chi connectivity index (χ1v) is 6.75. The Hall–Kier alpha value is -2.63. The standard InChI is InChI=1S/C15H18N4O2/c1-3-7-16-15(21)14-13(10-18-19(14)2)17-9-11-5-4-6-12(20)8-11/h4-6,8-10,20H,3,7H2,1-2H3,(H,16,21). The summed E-state index contributed by atoms with van der Waals surface area (Å²) in [7, 11) is 1.70. The number of aryl methyl sites for hydroxylation is 1. The Morgan fingerprint density at radius 1 is 1.52 bits per heavy atom. The van der Waals surface area contributed by atoms with E-state index in [9.17, 15) is 9.90 Å². The highest BCUT2D eigenvalue weighted by atomic mass is 16.3. The third-order valence-electron chi connectivity index (χ3n) is 2.89. The zero-order valence-corrected chi connectivity index (χ0v) is 12.1. The second-order valence-electron chi connectivity index (χ2n) is 4.61. The van der Waals surface area contributed by atoms with Gasteiger partial charge in [-0.3, -0.25) is 14.5 Å². The van der Waals surface area contributed by atoms with E-state index in [-0.39, 0.29) is 11.7 Å². The summed E-state index contributed by atoms with van der Waals surface area (Å²) >= 11 is 0. The van der Waals surface area contributed by atoms with Gasteiger partial charge in [0.2, 0.25) is 0 Å². The third-order valence-corrected chi connectivity index (χ3v) is 2.89. The van der Waals surface area contributed by atoms with Gasteiger partial charge in [0.25, 0.3) is 5.91 Å². The van der Waals surface area contributed by atoms with Crippen molar-refractivity contribution < 1.29 is 9.90 Å². The molecule has 0 saturated carbocycles. The lowest BCUT2D eigenvalue weighted by Gasteiger charge is -2.04. The Morgan fingerprint density at radius 3 is 3.05 bits per heavy atom. The summed E-state index contributed by atoms with van der Waals surface area (Å²) in [6.45, 7) is 2.60. The van der Waals surface area contributed by atoms with Gasteiger partial charge in [-0.1, -0.05) is 19.1 Å². The van der Waals surface area contributed by atoms with Gasteiger partial charge in [0.05, 0.1) is 6.20 Å². The number of phenolic OH excluding ortho intramolecular Hbond substituents is 1. The van der Waals surface area contributed by atoms with Crippen LogP contribution in [0, 0.1) is 0 Å². The third kappa shape index (κ3) is 3.68. The van der Waals surface area contributed by atoms with E-state index < -0.39 is 0 Å². The summed E-state index contributed by atoms with van der Waals surface area (Å²) in [5, 5.41) is 16.3. The van der Waals surface area contributed by atoms with Crippen LogP contribution in [0.2, 0.25) is 0 Å². The molecule has 0 unspecified atom stereocenters. The molecule has 0 radical (unpaired) electrons. The van der Waals surface area contributed by atoms with Gasteiger partial charge in [0, 0.05) is 19.8 Å². The first-order chi connectivity index (χ1) is 10.1. The van der Waals surface area contributed by atoms with Gasteiger partial charge in [-0.25, -0.2) is 0 Å². The van der Waals surface area contributed by atoms with Crippen molar-refractivity contribution in [2.75, 3.05) is 6.54 Å². The Kier molecular flexibility index (Phi) is 4.71. The average molecular weight is 286 g/mol. The van der Waals surface area contributed by atoms with Crippen molar-refractivity contribution in [1.29, 1.82) is 0 Å². The summed E-state index contributed by atoms with van der Waals surface area (Å²) in [6.07, 6.45) is 4.00. The molecule has 0 bridgehead atoms. The number of hydrogen-bond acceptors (Lipinski definition) is 4. The molecule has 2 N–H and O–H groups in total. The second-order valence-corrected chi connectivity index (χ2v) is 4.61. The van der Waals surface area contributed by atoms with E-state index in [1.54, 1.807) is 37.7 Å². The lowest BCUT2D eigenvalue weighted by Crippen LogP contribution is -2.26. The summed E-state index contributed by atoms with van der Waals surface area (Å²) in [5.74, 6) is -0.0223. The summed E-state index contributed by atoms with van der Waals surface area (Å²) in [6, 6.07) is 6.73. The number of carbonyl (C=O) groups is 1. The van der Waals surface area contributed by atoms with E-state index in [2.05, 4.69) is 15.4 Å². The molecule has 2 aromatic rings. The molecule has 0 fully saturated rings. The highest BCUT2D eigenvalue weighted by Crippen LogP contribution is 2.18. The van der Waals surface area contributed by atoms with Crippen LogP contribution in [0.5, 0.6) is 5.75 Å². The number of amides is 1. The zero-order valence-electron chi connectivity index (χ0n) is 12.1. The van der Waals surface area contributed by atoms with Gasteiger partial charge in [0.15, 0.2) is 5.69 Å². The van der Waals surface area contributed by atoms with Crippen molar-refractivity contribution in [2.45, 2.75) is 13.3 Å².